The summed E-state index contributed by atoms with van der Waals surface area (Å²) in [6, 6.07) is 13.1. The monoisotopic (exact) mass is 498 g/mol. The van der Waals surface area contributed by atoms with Crippen molar-refractivity contribution >= 4 is 5.97 Å². The van der Waals surface area contributed by atoms with Gasteiger partial charge in [0.2, 0.25) is 5.82 Å². The Kier molecular flexibility index (Phi) is 6.50. The van der Waals surface area contributed by atoms with E-state index in [1.165, 1.54) is 10.6 Å². The highest BCUT2D eigenvalue weighted by Gasteiger charge is 2.21. The number of tetrazole rings is 1. The van der Waals surface area contributed by atoms with Crippen molar-refractivity contribution in [3.63, 3.8) is 0 Å². The first-order valence-electron chi connectivity index (χ1n) is 12.0. The largest absolute Gasteiger partial charge is 0.478 e. The lowest BCUT2D eigenvalue weighted by molar-refractivity contribution is 0.0697. The summed E-state index contributed by atoms with van der Waals surface area (Å²) in [4.78, 5) is 29.9. The van der Waals surface area contributed by atoms with Gasteiger partial charge in [-0.15, -0.1) is 10.2 Å². The van der Waals surface area contributed by atoms with E-state index in [0.29, 0.717) is 23.8 Å². The number of aromatic nitrogens is 8. The predicted octanol–water partition coefficient (Wildman–Crippen LogP) is 3.31. The molecule has 5 aromatic rings. The first kappa shape index (κ1) is 23.9. The van der Waals surface area contributed by atoms with E-state index >= 15 is 0 Å². The molecule has 37 heavy (non-hydrogen) atoms. The molecular formula is C26H26N8O3. The lowest BCUT2D eigenvalue weighted by atomic mass is 10.0. The summed E-state index contributed by atoms with van der Waals surface area (Å²) in [6.45, 7) is 2.36. The second-order valence-corrected chi connectivity index (χ2v) is 8.75. The molecule has 0 saturated heterocycles. The summed E-state index contributed by atoms with van der Waals surface area (Å²) in [7, 11) is 1.73. The number of aryl methyl sites for hydroxylation is 2. The van der Waals surface area contributed by atoms with Gasteiger partial charge in [0.25, 0.3) is 0 Å². The third-order valence-electron chi connectivity index (χ3n) is 6.32. The number of pyridine rings is 1. The molecule has 0 aliphatic carbocycles. The molecule has 0 unspecified atom stereocenters. The SMILES string of the molecule is CCCCc1cn(-c2c(C(=O)O)ccn2C)c(=O)n1Cc1ccc(-c2ccccc2-c2nn[nH]n2)cn1. The maximum Gasteiger partial charge on any atom is 0.339 e. The molecular weight excluding hydrogens is 472 g/mol. The summed E-state index contributed by atoms with van der Waals surface area (Å²) in [5, 5.41) is 23.9. The van der Waals surface area contributed by atoms with Crippen LogP contribution in [0, 0.1) is 0 Å². The van der Waals surface area contributed by atoms with E-state index in [0.717, 1.165) is 35.2 Å². The number of carboxylic acid groups (broad SMARTS) is 1. The van der Waals surface area contributed by atoms with Crippen LogP contribution in [-0.4, -0.2) is 50.4 Å². The average molecular weight is 499 g/mol. The zero-order chi connectivity index (χ0) is 25.9. The molecule has 0 bridgehead atoms. The highest BCUT2D eigenvalue weighted by molar-refractivity contribution is 5.91. The number of aromatic amines is 1. The number of carbonyl (C=O) groups is 1. The van der Waals surface area contributed by atoms with Crippen LogP contribution in [0.4, 0.5) is 0 Å². The third kappa shape index (κ3) is 4.58. The van der Waals surface area contributed by atoms with Gasteiger partial charge in [-0.3, -0.25) is 14.1 Å². The Morgan fingerprint density at radius 1 is 1.11 bits per heavy atom. The van der Waals surface area contributed by atoms with E-state index in [9.17, 15) is 14.7 Å². The molecule has 0 aliphatic heterocycles. The normalized spacial score (nSPS) is 11.2. The fraction of sp³-hybridized carbons (Fsp3) is 0.231. The van der Waals surface area contributed by atoms with Gasteiger partial charge in [0.1, 0.15) is 11.4 Å². The van der Waals surface area contributed by atoms with Crippen molar-refractivity contribution < 1.29 is 9.90 Å². The minimum atomic E-state index is -1.08. The summed E-state index contributed by atoms with van der Waals surface area (Å²) in [6.07, 6.45) is 7.72. The molecule has 11 heteroatoms. The number of carboxylic acids is 1. The number of nitrogens with zero attached hydrogens (tertiary/aromatic N) is 7. The molecule has 0 aliphatic rings. The van der Waals surface area contributed by atoms with Crippen molar-refractivity contribution in [1.29, 1.82) is 0 Å². The Bertz CT molecular complexity index is 1590. The van der Waals surface area contributed by atoms with Gasteiger partial charge in [-0.2, -0.15) is 5.21 Å². The quantitative estimate of drug-likeness (QED) is 0.318. The zero-order valence-electron chi connectivity index (χ0n) is 20.5. The van der Waals surface area contributed by atoms with Crippen LogP contribution >= 0.6 is 0 Å². The second-order valence-electron chi connectivity index (χ2n) is 8.75. The number of hydrogen-bond donors (Lipinski definition) is 2. The van der Waals surface area contributed by atoms with Crippen molar-refractivity contribution in [2.75, 3.05) is 0 Å². The number of imidazole rings is 1. The van der Waals surface area contributed by atoms with Gasteiger partial charge >= 0.3 is 11.7 Å². The lowest BCUT2D eigenvalue weighted by Gasteiger charge is -2.09. The molecule has 0 saturated carbocycles. The van der Waals surface area contributed by atoms with E-state index in [1.807, 2.05) is 36.4 Å². The maximum atomic E-state index is 13.5. The van der Waals surface area contributed by atoms with Gasteiger partial charge in [-0.05, 0) is 35.8 Å². The minimum Gasteiger partial charge on any atom is -0.478 e. The molecule has 188 valence electrons. The van der Waals surface area contributed by atoms with Gasteiger partial charge < -0.3 is 9.67 Å². The Hall–Kier alpha value is -4.80. The summed E-state index contributed by atoms with van der Waals surface area (Å²) >= 11 is 0. The fourth-order valence-electron chi connectivity index (χ4n) is 4.44. The number of nitrogens with one attached hydrogen (secondary N) is 1. The van der Waals surface area contributed by atoms with Gasteiger partial charge in [-0.1, -0.05) is 43.7 Å². The molecule has 2 N–H and O–H groups in total. The van der Waals surface area contributed by atoms with E-state index in [-0.39, 0.29) is 17.8 Å². The van der Waals surface area contributed by atoms with Crippen molar-refractivity contribution in [3.8, 4) is 28.3 Å². The number of unbranched alkanes of at least 4 members (excludes halogenated alkanes) is 1. The van der Waals surface area contributed by atoms with Crippen LogP contribution in [-0.2, 0) is 20.0 Å². The number of aromatic carboxylic acids is 1. The van der Waals surface area contributed by atoms with E-state index < -0.39 is 5.97 Å². The predicted molar refractivity (Wildman–Crippen MR) is 137 cm³/mol. The van der Waals surface area contributed by atoms with Crippen LogP contribution in [0.5, 0.6) is 0 Å². The molecule has 0 fully saturated rings. The molecule has 0 spiro atoms. The standard InChI is InChI=1S/C26H26N8O3/c1-3-4-7-19-16-34(24-22(25(35)36)12-13-32(24)2)26(37)33(19)15-18-11-10-17(14-27-18)20-8-5-6-9-21(20)23-28-30-31-29-23/h5-6,8-14,16H,3-4,7,15H2,1-2H3,(H,35,36)(H,28,29,30,31). The van der Waals surface area contributed by atoms with Gasteiger partial charge in [0.15, 0.2) is 0 Å². The molecule has 1 aromatic carbocycles. The van der Waals surface area contributed by atoms with Crippen LogP contribution in [0.25, 0.3) is 28.3 Å². The van der Waals surface area contributed by atoms with Crippen molar-refractivity contribution in [2.24, 2.45) is 7.05 Å². The van der Waals surface area contributed by atoms with Gasteiger partial charge in [0, 0.05) is 42.5 Å². The minimum absolute atomic E-state index is 0.0755. The van der Waals surface area contributed by atoms with E-state index in [4.69, 9.17) is 0 Å². The van der Waals surface area contributed by atoms with Crippen molar-refractivity contribution in [3.05, 3.63) is 88.5 Å². The summed E-state index contributed by atoms with van der Waals surface area (Å²) in [5.74, 6) is -0.256. The topological polar surface area (TPSA) is 137 Å². The third-order valence-corrected chi connectivity index (χ3v) is 6.32. The molecule has 0 amide bonds. The maximum absolute atomic E-state index is 13.5. The van der Waals surface area contributed by atoms with E-state index in [2.05, 4.69) is 32.5 Å². The van der Waals surface area contributed by atoms with Crippen LogP contribution in [0.3, 0.4) is 0 Å². The summed E-state index contributed by atoms with van der Waals surface area (Å²) < 4.78 is 4.74. The van der Waals surface area contributed by atoms with Crippen molar-refractivity contribution in [1.82, 2.24) is 39.3 Å². The van der Waals surface area contributed by atoms with Gasteiger partial charge in [-0.25, -0.2) is 9.59 Å². The Morgan fingerprint density at radius 2 is 1.92 bits per heavy atom. The van der Waals surface area contributed by atoms with Crippen molar-refractivity contribution in [2.45, 2.75) is 32.7 Å². The number of benzene rings is 1. The zero-order valence-corrected chi connectivity index (χ0v) is 20.5. The molecule has 0 atom stereocenters. The Labute approximate surface area is 212 Å². The fourth-order valence-corrected chi connectivity index (χ4v) is 4.44. The number of H-pyrrole nitrogens is 1. The molecule has 4 aromatic heterocycles. The molecule has 5 rings (SSSR count). The molecule has 11 nitrogen and oxygen atoms in total. The van der Waals surface area contributed by atoms with Crippen LogP contribution in [0.2, 0.25) is 0 Å². The van der Waals surface area contributed by atoms with Gasteiger partial charge in [0.05, 0.1) is 12.2 Å². The number of rotatable bonds is 9. The van der Waals surface area contributed by atoms with E-state index in [1.54, 1.807) is 34.8 Å². The van der Waals surface area contributed by atoms with Crippen LogP contribution < -0.4 is 5.69 Å². The first-order valence-corrected chi connectivity index (χ1v) is 12.0. The smallest absolute Gasteiger partial charge is 0.339 e. The first-order chi connectivity index (χ1) is 18.0. The van der Waals surface area contributed by atoms with Crippen LogP contribution in [0.1, 0.15) is 41.5 Å². The van der Waals surface area contributed by atoms with Crippen LogP contribution in [0.15, 0.2) is 65.8 Å². The highest BCUT2D eigenvalue weighted by atomic mass is 16.4. The molecule has 4 heterocycles. The number of hydrogen-bond acceptors (Lipinski definition) is 6. The Morgan fingerprint density at radius 3 is 2.59 bits per heavy atom. The second kappa shape index (κ2) is 10.1. The average Bonchev–Trinajstić information content (AvgIpc) is 3.64. The Balaban J connectivity index is 1.50. The highest BCUT2D eigenvalue weighted by Crippen LogP contribution is 2.29. The summed E-state index contributed by atoms with van der Waals surface area (Å²) in [5.41, 5.74) is 3.95. The lowest BCUT2D eigenvalue weighted by Crippen LogP contribution is -2.27. The molecule has 0 radical (unpaired) electrons.